The van der Waals surface area contributed by atoms with E-state index in [1.807, 2.05) is 37.3 Å². The van der Waals surface area contributed by atoms with Crippen molar-refractivity contribution in [3.63, 3.8) is 0 Å². The summed E-state index contributed by atoms with van der Waals surface area (Å²) in [7, 11) is 0. The van der Waals surface area contributed by atoms with Crippen LogP contribution in [0, 0.1) is 0 Å². The van der Waals surface area contributed by atoms with Crippen molar-refractivity contribution in [3.8, 4) is 0 Å². The zero-order valence-corrected chi connectivity index (χ0v) is 13.9. The van der Waals surface area contributed by atoms with Crippen LogP contribution in [0.1, 0.15) is 52.4 Å². The highest BCUT2D eigenvalue weighted by Crippen LogP contribution is 2.19. The third kappa shape index (κ3) is 4.91. The van der Waals surface area contributed by atoms with Gasteiger partial charge in [-0.15, -0.1) is 0 Å². The number of hydrogen-bond donors (Lipinski definition) is 1. The Kier molecular flexibility index (Phi) is 6.32. The van der Waals surface area contributed by atoms with E-state index in [1.165, 1.54) is 17.9 Å². The molecule has 0 fully saturated rings. The van der Waals surface area contributed by atoms with E-state index in [9.17, 15) is 9.59 Å². The van der Waals surface area contributed by atoms with Gasteiger partial charge in [0, 0.05) is 18.9 Å². The molecule has 0 radical (unpaired) electrons. The van der Waals surface area contributed by atoms with Crippen molar-refractivity contribution in [1.29, 1.82) is 0 Å². The molecule has 23 heavy (non-hydrogen) atoms. The fourth-order valence-electron chi connectivity index (χ4n) is 2.57. The normalized spacial score (nSPS) is 16.0. The van der Waals surface area contributed by atoms with Crippen LogP contribution in [0.3, 0.4) is 0 Å². The van der Waals surface area contributed by atoms with Gasteiger partial charge in [0.25, 0.3) is 5.91 Å². The Labute approximate surface area is 137 Å². The fraction of sp³-hybridized carbons (Fsp3) is 0.500. The molecule has 0 spiro atoms. The first kappa shape index (κ1) is 17.2. The molecule has 0 bridgehead atoms. The van der Waals surface area contributed by atoms with Gasteiger partial charge >= 0.3 is 0 Å². The van der Waals surface area contributed by atoms with Crippen LogP contribution in [-0.4, -0.2) is 23.6 Å². The minimum atomic E-state index is -0.164. The van der Waals surface area contributed by atoms with Crippen molar-refractivity contribution in [1.82, 2.24) is 5.32 Å². The molecule has 1 N–H and O–H groups in total. The molecule has 0 aromatic heterocycles. The third-order valence-electron chi connectivity index (χ3n) is 3.91. The number of carbonyl (C=O) groups is 2. The van der Waals surface area contributed by atoms with E-state index < -0.39 is 0 Å². The van der Waals surface area contributed by atoms with Crippen molar-refractivity contribution in [3.05, 3.63) is 30.3 Å². The highest BCUT2D eigenvalue weighted by atomic mass is 16.2. The molecule has 0 saturated heterocycles. The largest absolute Gasteiger partial charge is 0.348 e. The third-order valence-corrected chi connectivity index (χ3v) is 3.91. The highest BCUT2D eigenvalue weighted by molar-refractivity contribution is 6.40. The van der Waals surface area contributed by atoms with Crippen molar-refractivity contribution in [2.75, 3.05) is 5.01 Å². The van der Waals surface area contributed by atoms with Crippen molar-refractivity contribution in [2.45, 2.75) is 58.4 Å². The lowest BCUT2D eigenvalue weighted by atomic mass is 10.1. The van der Waals surface area contributed by atoms with Gasteiger partial charge in [0.1, 0.15) is 5.71 Å². The number of hydrogen-bond acceptors (Lipinski definition) is 3. The maximum atomic E-state index is 12.3. The number of nitrogens with one attached hydrogen (secondary N) is 1. The highest BCUT2D eigenvalue weighted by Gasteiger charge is 2.25. The Morgan fingerprint density at radius 2 is 2.00 bits per heavy atom. The molecule has 124 valence electrons. The zero-order valence-electron chi connectivity index (χ0n) is 13.9. The molecule has 1 aromatic rings. The molecule has 1 atom stereocenters. The van der Waals surface area contributed by atoms with E-state index in [2.05, 4.69) is 17.3 Å². The first-order chi connectivity index (χ1) is 11.1. The second-order valence-electron chi connectivity index (χ2n) is 5.96. The number of nitrogens with zero attached hydrogens (tertiary/aromatic N) is 2. The second-order valence-corrected chi connectivity index (χ2v) is 5.96. The summed E-state index contributed by atoms with van der Waals surface area (Å²) in [4.78, 5) is 24.4. The molecule has 1 aliphatic heterocycles. The van der Waals surface area contributed by atoms with Gasteiger partial charge in [0.05, 0.1) is 5.69 Å². The van der Waals surface area contributed by atoms with Crippen LogP contribution in [0.4, 0.5) is 5.69 Å². The predicted molar refractivity (Wildman–Crippen MR) is 92.3 cm³/mol. The van der Waals surface area contributed by atoms with Gasteiger partial charge in [-0.05, 0) is 25.5 Å². The molecule has 5 nitrogen and oxygen atoms in total. The topological polar surface area (TPSA) is 61.8 Å². The number of para-hydroxylation sites is 1. The second kappa shape index (κ2) is 8.46. The minimum absolute atomic E-state index is 0.0799. The maximum Gasteiger partial charge on any atom is 0.267 e. The minimum Gasteiger partial charge on any atom is -0.348 e. The molecular weight excluding hydrogens is 290 g/mol. The Hall–Kier alpha value is -2.17. The first-order valence-electron chi connectivity index (χ1n) is 8.38. The van der Waals surface area contributed by atoms with Crippen LogP contribution >= 0.6 is 0 Å². The van der Waals surface area contributed by atoms with E-state index in [4.69, 9.17) is 0 Å². The first-order valence-corrected chi connectivity index (χ1v) is 8.38. The monoisotopic (exact) mass is 315 g/mol. The molecule has 0 saturated carbocycles. The average Bonchev–Trinajstić information content (AvgIpc) is 2.56. The summed E-state index contributed by atoms with van der Waals surface area (Å²) in [5, 5.41) is 8.59. The molecule has 1 unspecified atom stereocenters. The van der Waals surface area contributed by atoms with E-state index in [-0.39, 0.29) is 17.9 Å². The fourth-order valence-corrected chi connectivity index (χ4v) is 2.57. The van der Waals surface area contributed by atoms with Gasteiger partial charge in [-0.3, -0.25) is 9.59 Å². The number of unbranched alkanes of at least 4 members (excludes halogenated alkanes) is 2. The lowest BCUT2D eigenvalue weighted by Crippen LogP contribution is -2.42. The van der Waals surface area contributed by atoms with Gasteiger partial charge in [0.2, 0.25) is 5.91 Å². The summed E-state index contributed by atoms with van der Waals surface area (Å²) >= 11 is 0. The van der Waals surface area contributed by atoms with Crippen LogP contribution in [0.15, 0.2) is 35.4 Å². The molecule has 1 aliphatic rings. The smallest absolute Gasteiger partial charge is 0.267 e. The van der Waals surface area contributed by atoms with Crippen LogP contribution in [-0.2, 0) is 9.59 Å². The van der Waals surface area contributed by atoms with Crippen LogP contribution in [0.5, 0.6) is 0 Å². The molecule has 1 aromatic carbocycles. The number of carbonyl (C=O) groups excluding carboxylic acids is 2. The number of amides is 2. The number of benzene rings is 1. The molecule has 1 heterocycles. The Balaban J connectivity index is 2.01. The number of anilines is 1. The standard InChI is InChI=1S/C18H25N3O2/c1-3-4-6-9-14(2)19-18(23)16-12-13-17(22)21(20-16)15-10-7-5-8-11-15/h5,7-8,10-11,14H,3-4,6,9,12-13H2,1-2H3,(H,19,23). The van der Waals surface area contributed by atoms with Gasteiger partial charge in [-0.25, -0.2) is 5.01 Å². The van der Waals surface area contributed by atoms with Crippen molar-refractivity contribution >= 4 is 23.2 Å². The summed E-state index contributed by atoms with van der Waals surface area (Å²) in [5.41, 5.74) is 1.12. The van der Waals surface area contributed by atoms with Gasteiger partial charge in [-0.1, -0.05) is 44.4 Å². The predicted octanol–water partition coefficient (Wildman–Crippen LogP) is 3.25. The zero-order chi connectivity index (χ0) is 16.7. The Morgan fingerprint density at radius 3 is 2.70 bits per heavy atom. The average molecular weight is 315 g/mol. The van der Waals surface area contributed by atoms with E-state index in [0.717, 1.165) is 12.8 Å². The molecule has 5 heteroatoms. The van der Waals surface area contributed by atoms with E-state index >= 15 is 0 Å². The van der Waals surface area contributed by atoms with Crippen molar-refractivity contribution < 1.29 is 9.59 Å². The molecule has 2 rings (SSSR count). The SMILES string of the molecule is CCCCCC(C)NC(=O)C1=NN(c2ccccc2)C(=O)CC1. The summed E-state index contributed by atoms with van der Waals surface area (Å²) in [6.45, 7) is 4.17. The van der Waals surface area contributed by atoms with E-state index in [1.54, 1.807) is 0 Å². The number of hydrazone groups is 1. The van der Waals surface area contributed by atoms with Crippen molar-refractivity contribution in [2.24, 2.45) is 5.10 Å². The van der Waals surface area contributed by atoms with Crippen LogP contribution in [0.2, 0.25) is 0 Å². The summed E-state index contributed by atoms with van der Waals surface area (Å²) in [6.07, 6.45) is 5.13. The quantitative estimate of drug-likeness (QED) is 0.785. The van der Waals surface area contributed by atoms with Gasteiger partial charge in [-0.2, -0.15) is 5.10 Å². The maximum absolute atomic E-state index is 12.3. The Morgan fingerprint density at radius 1 is 1.26 bits per heavy atom. The lowest BCUT2D eigenvalue weighted by Gasteiger charge is -2.24. The molecule has 0 aliphatic carbocycles. The molecule has 2 amide bonds. The molecular formula is C18H25N3O2. The summed E-state index contributed by atoms with van der Waals surface area (Å²) in [6, 6.07) is 9.34. The summed E-state index contributed by atoms with van der Waals surface area (Å²) in [5.74, 6) is -0.244. The van der Waals surface area contributed by atoms with Gasteiger partial charge in [0.15, 0.2) is 0 Å². The lowest BCUT2D eigenvalue weighted by molar-refractivity contribution is -0.119. The van der Waals surface area contributed by atoms with Crippen LogP contribution in [0.25, 0.3) is 0 Å². The number of rotatable bonds is 7. The summed E-state index contributed by atoms with van der Waals surface area (Å²) < 4.78 is 0. The Bertz CT molecular complexity index is 569. The van der Waals surface area contributed by atoms with Crippen LogP contribution < -0.4 is 10.3 Å². The van der Waals surface area contributed by atoms with E-state index in [0.29, 0.717) is 24.2 Å². The van der Waals surface area contributed by atoms with Gasteiger partial charge < -0.3 is 5.32 Å².